The van der Waals surface area contributed by atoms with Gasteiger partial charge in [0.25, 0.3) is 0 Å². The maximum absolute atomic E-state index is 10.6. The third-order valence-corrected chi connectivity index (χ3v) is 4.23. The van der Waals surface area contributed by atoms with E-state index in [1.807, 2.05) is 14.0 Å². The zero-order valence-corrected chi connectivity index (χ0v) is 17.1. The van der Waals surface area contributed by atoms with E-state index < -0.39 is 5.60 Å². The van der Waals surface area contributed by atoms with Crippen molar-refractivity contribution in [2.45, 2.75) is 19.4 Å². The number of aliphatic hydroxyl groups is 1. The van der Waals surface area contributed by atoms with Crippen LogP contribution in [0.4, 0.5) is 5.82 Å². The van der Waals surface area contributed by atoms with Gasteiger partial charge in [0.1, 0.15) is 11.4 Å². The second kappa shape index (κ2) is 9.77. The number of hydrogen-bond donors (Lipinski definition) is 4. The van der Waals surface area contributed by atoms with E-state index in [0.717, 1.165) is 5.56 Å². The summed E-state index contributed by atoms with van der Waals surface area (Å²) in [6.07, 6.45) is 4.96. The summed E-state index contributed by atoms with van der Waals surface area (Å²) in [6.45, 7) is 5.77. The van der Waals surface area contributed by atoms with E-state index in [4.69, 9.17) is 23.2 Å². The Kier molecular flexibility index (Phi) is 7.70. The van der Waals surface area contributed by atoms with Gasteiger partial charge in [-0.2, -0.15) is 5.10 Å². The lowest BCUT2D eigenvalue weighted by atomic mass is 10.0. The highest BCUT2D eigenvalue weighted by molar-refractivity contribution is 6.35. The topological polar surface area (TPSA) is 99.4 Å². The van der Waals surface area contributed by atoms with Gasteiger partial charge in [0.2, 0.25) is 0 Å². The predicted molar refractivity (Wildman–Crippen MR) is 110 cm³/mol. The maximum atomic E-state index is 10.6. The molecule has 27 heavy (non-hydrogen) atoms. The van der Waals surface area contributed by atoms with Crippen molar-refractivity contribution in [2.75, 3.05) is 31.5 Å². The molecule has 0 radical (unpaired) electrons. The third kappa shape index (κ3) is 6.57. The summed E-state index contributed by atoms with van der Waals surface area (Å²) in [4.78, 5) is 8.61. The molecule has 2 aromatic heterocycles. The highest BCUT2D eigenvalue weighted by Gasteiger charge is 2.24. The van der Waals surface area contributed by atoms with Gasteiger partial charge in [-0.15, -0.1) is 0 Å². The van der Waals surface area contributed by atoms with Crippen LogP contribution in [0, 0.1) is 0 Å². The predicted octanol–water partition coefficient (Wildman–Crippen LogP) is 2.00. The standard InChI is InChI=1S/C17H25Cl2N7O/c1-4-20-16(24-11-17(2,27)12-8-25-26(3)10-12)22-6-5-21-15-14(19)7-13(18)9-23-15/h7-10,27H,4-6,11H2,1-3H3,(H,21,23)(H2,20,22,24). The van der Waals surface area contributed by atoms with E-state index in [2.05, 4.69) is 31.0 Å². The SMILES string of the molecule is CCNC(=NCC(C)(O)c1cnn(C)c1)NCCNc1ncc(Cl)cc1Cl. The molecule has 0 aliphatic rings. The number of guanidine groups is 1. The van der Waals surface area contributed by atoms with E-state index in [-0.39, 0.29) is 6.54 Å². The van der Waals surface area contributed by atoms with Crippen molar-refractivity contribution in [3.05, 3.63) is 40.3 Å². The first-order valence-electron chi connectivity index (χ1n) is 8.60. The number of hydrogen-bond acceptors (Lipinski definition) is 5. The smallest absolute Gasteiger partial charge is 0.191 e. The molecule has 2 heterocycles. The summed E-state index contributed by atoms with van der Waals surface area (Å²) in [7, 11) is 1.81. The fourth-order valence-electron chi connectivity index (χ4n) is 2.27. The van der Waals surface area contributed by atoms with E-state index in [1.165, 1.54) is 6.20 Å². The zero-order chi connectivity index (χ0) is 19.9. The lowest BCUT2D eigenvalue weighted by Gasteiger charge is -2.20. The molecule has 0 aromatic carbocycles. The van der Waals surface area contributed by atoms with Crippen molar-refractivity contribution in [3.63, 3.8) is 0 Å². The third-order valence-electron chi connectivity index (χ3n) is 3.73. The number of pyridine rings is 1. The number of aliphatic imine (C=N–C) groups is 1. The largest absolute Gasteiger partial charge is 0.383 e. The molecule has 2 rings (SSSR count). The Hall–Kier alpha value is -2.03. The summed E-state index contributed by atoms with van der Waals surface area (Å²) in [6, 6.07) is 1.64. The van der Waals surface area contributed by atoms with Crippen LogP contribution >= 0.6 is 23.2 Å². The monoisotopic (exact) mass is 413 g/mol. The molecule has 0 bridgehead atoms. The van der Waals surface area contributed by atoms with Gasteiger partial charge in [-0.25, -0.2) is 9.98 Å². The molecular weight excluding hydrogens is 389 g/mol. The van der Waals surface area contributed by atoms with Crippen LogP contribution in [0.25, 0.3) is 0 Å². The molecule has 10 heteroatoms. The quantitative estimate of drug-likeness (QED) is 0.300. The molecular formula is C17H25Cl2N7O. The van der Waals surface area contributed by atoms with E-state index in [1.54, 1.807) is 30.1 Å². The first-order chi connectivity index (χ1) is 12.8. The Morgan fingerprint density at radius 1 is 1.30 bits per heavy atom. The van der Waals surface area contributed by atoms with Crippen molar-refractivity contribution in [1.29, 1.82) is 0 Å². The summed E-state index contributed by atoms with van der Waals surface area (Å²) in [5.74, 6) is 1.18. The minimum Gasteiger partial charge on any atom is -0.383 e. The molecule has 8 nitrogen and oxygen atoms in total. The van der Waals surface area contributed by atoms with Crippen molar-refractivity contribution < 1.29 is 5.11 Å². The van der Waals surface area contributed by atoms with Crippen molar-refractivity contribution >= 4 is 35.0 Å². The number of rotatable bonds is 8. The second-order valence-electron chi connectivity index (χ2n) is 6.21. The first-order valence-corrected chi connectivity index (χ1v) is 9.36. The Morgan fingerprint density at radius 2 is 2.07 bits per heavy atom. The van der Waals surface area contributed by atoms with Gasteiger partial charge >= 0.3 is 0 Å². The van der Waals surface area contributed by atoms with Crippen molar-refractivity contribution in [1.82, 2.24) is 25.4 Å². The van der Waals surface area contributed by atoms with E-state index in [0.29, 0.717) is 41.5 Å². The fourth-order valence-corrected chi connectivity index (χ4v) is 2.72. The van der Waals surface area contributed by atoms with Crippen LogP contribution in [-0.2, 0) is 12.6 Å². The van der Waals surface area contributed by atoms with Crippen LogP contribution in [0.5, 0.6) is 0 Å². The first kappa shape index (κ1) is 21.3. The zero-order valence-electron chi connectivity index (χ0n) is 15.6. The maximum Gasteiger partial charge on any atom is 0.191 e. The van der Waals surface area contributed by atoms with Gasteiger partial charge in [-0.05, 0) is 19.9 Å². The van der Waals surface area contributed by atoms with Crippen LogP contribution in [0.15, 0.2) is 29.6 Å². The Bertz CT molecular complexity index is 776. The fraction of sp³-hybridized carbons (Fsp3) is 0.471. The lowest BCUT2D eigenvalue weighted by Crippen LogP contribution is -2.40. The number of halogens is 2. The number of nitrogens with zero attached hydrogens (tertiary/aromatic N) is 4. The second-order valence-corrected chi connectivity index (χ2v) is 7.05. The van der Waals surface area contributed by atoms with Crippen molar-refractivity contribution in [2.24, 2.45) is 12.0 Å². The minimum atomic E-state index is -1.10. The van der Waals surface area contributed by atoms with Gasteiger partial charge < -0.3 is 21.1 Å². The van der Waals surface area contributed by atoms with Crippen LogP contribution in [0.3, 0.4) is 0 Å². The van der Waals surface area contributed by atoms with E-state index in [9.17, 15) is 5.11 Å². The Balaban J connectivity index is 1.87. The molecule has 0 aliphatic heterocycles. The normalized spacial score (nSPS) is 13.9. The van der Waals surface area contributed by atoms with Crippen LogP contribution in [0.2, 0.25) is 10.0 Å². The molecule has 0 saturated heterocycles. The molecule has 1 atom stereocenters. The molecule has 0 saturated carbocycles. The summed E-state index contributed by atoms with van der Waals surface area (Å²) < 4.78 is 1.65. The van der Waals surface area contributed by atoms with Crippen LogP contribution in [0.1, 0.15) is 19.4 Å². The molecule has 4 N–H and O–H groups in total. The highest BCUT2D eigenvalue weighted by atomic mass is 35.5. The molecule has 148 valence electrons. The average Bonchev–Trinajstić information content (AvgIpc) is 3.05. The molecule has 2 aromatic rings. The van der Waals surface area contributed by atoms with Gasteiger partial charge in [0.15, 0.2) is 5.96 Å². The molecule has 0 fully saturated rings. The van der Waals surface area contributed by atoms with Crippen molar-refractivity contribution in [3.8, 4) is 0 Å². The lowest BCUT2D eigenvalue weighted by molar-refractivity contribution is 0.0672. The minimum absolute atomic E-state index is 0.200. The molecule has 0 amide bonds. The molecule has 1 unspecified atom stereocenters. The summed E-state index contributed by atoms with van der Waals surface area (Å²) in [5, 5.41) is 25.2. The Morgan fingerprint density at radius 3 is 2.70 bits per heavy atom. The van der Waals surface area contributed by atoms with Gasteiger partial charge in [-0.3, -0.25) is 4.68 Å². The number of anilines is 1. The van der Waals surface area contributed by atoms with Gasteiger partial charge in [-0.1, -0.05) is 23.2 Å². The molecule has 0 aliphatic carbocycles. The highest BCUT2D eigenvalue weighted by Crippen LogP contribution is 2.22. The number of aromatic nitrogens is 3. The van der Waals surface area contributed by atoms with Crippen LogP contribution in [-0.4, -0.2) is 52.0 Å². The summed E-state index contributed by atoms with van der Waals surface area (Å²) in [5.41, 5.74) is -0.384. The Labute approximate surface area is 169 Å². The van der Waals surface area contributed by atoms with Crippen LogP contribution < -0.4 is 16.0 Å². The van der Waals surface area contributed by atoms with E-state index >= 15 is 0 Å². The van der Waals surface area contributed by atoms with Gasteiger partial charge in [0, 0.05) is 44.6 Å². The average molecular weight is 414 g/mol. The number of aryl methyl sites for hydroxylation is 1. The molecule has 0 spiro atoms. The van der Waals surface area contributed by atoms with Gasteiger partial charge in [0.05, 0.1) is 22.8 Å². The summed E-state index contributed by atoms with van der Waals surface area (Å²) >= 11 is 11.9. The number of nitrogens with one attached hydrogen (secondary N) is 3.